The lowest BCUT2D eigenvalue weighted by molar-refractivity contribution is 0.262. The topological polar surface area (TPSA) is 123 Å². The molecule has 0 unspecified atom stereocenters. The molecule has 0 aliphatic heterocycles. The Morgan fingerprint density at radius 3 is 2.46 bits per heavy atom. The number of fused-ring (bicyclic) bond motifs is 1. The lowest BCUT2D eigenvalue weighted by Gasteiger charge is -2.12. The monoisotopic (exact) mass is 472 g/mol. The molecule has 0 saturated heterocycles. The Bertz CT molecular complexity index is 1420. The first-order valence-corrected chi connectivity index (χ1v) is 11.1. The number of hydrogen-bond acceptors (Lipinski definition) is 6. The van der Waals surface area contributed by atoms with E-state index in [1.54, 1.807) is 24.3 Å². The van der Waals surface area contributed by atoms with Crippen LogP contribution in [0.25, 0.3) is 17.2 Å². The summed E-state index contributed by atoms with van der Waals surface area (Å²) < 4.78 is 12.0. The lowest BCUT2D eigenvalue weighted by atomic mass is 10.2. The van der Waals surface area contributed by atoms with Gasteiger partial charge in [0.05, 0.1) is 25.6 Å². The Balaban J connectivity index is 1.50. The predicted octanol–water partition coefficient (Wildman–Crippen LogP) is 3.77. The van der Waals surface area contributed by atoms with Crippen molar-refractivity contribution >= 4 is 17.5 Å². The van der Waals surface area contributed by atoms with Crippen LogP contribution in [0.5, 0.6) is 11.5 Å². The van der Waals surface area contributed by atoms with E-state index in [0.29, 0.717) is 40.7 Å². The number of aryl methyl sites for hydroxylation is 1. The van der Waals surface area contributed by atoms with E-state index in [1.165, 1.54) is 18.9 Å². The molecule has 3 N–H and O–H groups in total. The first kappa shape index (κ1) is 22.2. The average molecular weight is 473 g/mol. The Morgan fingerprint density at radius 1 is 1.00 bits per heavy atom. The predicted molar refractivity (Wildman–Crippen MR) is 132 cm³/mol. The number of methoxy groups -OCH3 is 2. The lowest BCUT2D eigenvalue weighted by Crippen LogP contribution is -2.23. The van der Waals surface area contributed by atoms with E-state index < -0.39 is 6.03 Å². The number of benzene rings is 2. The maximum Gasteiger partial charge on any atom is 0.324 e. The van der Waals surface area contributed by atoms with Crippen LogP contribution in [0.2, 0.25) is 0 Å². The number of H-pyrrole nitrogens is 1. The highest BCUT2D eigenvalue weighted by atomic mass is 16.5. The summed E-state index contributed by atoms with van der Waals surface area (Å²) in [4.78, 5) is 33.0. The minimum Gasteiger partial charge on any atom is -0.497 e. The zero-order valence-corrected chi connectivity index (χ0v) is 19.3. The summed E-state index contributed by atoms with van der Waals surface area (Å²) in [5.41, 5.74) is 3.25. The molecule has 2 heterocycles. The van der Waals surface area contributed by atoms with Gasteiger partial charge in [-0.05, 0) is 19.3 Å². The van der Waals surface area contributed by atoms with Crippen LogP contribution >= 0.6 is 0 Å². The van der Waals surface area contributed by atoms with Crippen molar-refractivity contribution in [2.24, 2.45) is 0 Å². The number of amides is 2. The molecule has 0 atom stereocenters. The molecule has 5 rings (SSSR count). The minimum absolute atomic E-state index is 0.182. The normalized spacial score (nSPS) is 12.2. The summed E-state index contributed by atoms with van der Waals surface area (Å²) in [6.07, 6.45) is 2.34. The van der Waals surface area contributed by atoms with Crippen molar-refractivity contribution in [1.29, 1.82) is 0 Å². The van der Waals surface area contributed by atoms with Crippen molar-refractivity contribution < 1.29 is 14.3 Å². The Labute approximate surface area is 200 Å². The molecule has 0 fully saturated rings. The Hall–Kier alpha value is -4.60. The molecule has 4 aromatic rings. The first-order valence-electron chi connectivity index (χ1n) is 11.1. The smallest absolute Gasteiger partial charge is 0.324 e. The molecular weight excluding hydrogens is 448 g/mol. The largest absolute Gasteiger partial charge is 0.497 e. The quantitative estimate of drug-likeness (QED) is 0.393. The molecule has 10 heteroatoms. The van der Waals surface area contributed by atoms with Crippen LogP contribution in [0.4, 0.5) is 16.3 Å². The number of urea groups is 1. The Morgan fingerprint density at radius 2 is 1.74 bits per heavy atom. The van der Waals surface area contributed by atoms with Gasteiger partial charge in [0, 0.05) is 41.1 Å². The number of ether oxygens (including phenoxy) is 2. The number of nitrogens with one attached hydrogen (secondary N) is 3. The molecule has 1 aliphatic rings. The molecule has 1 aliphatic carbocycles. The molecule has 0 saturated carbocycles. The molecular formula is C25H24N6O4. The average Bonchev–Trinajstić information content (AvgIpc) is 3.52. The van der Waals surface area contributed by atoms with Crippen LogP contribution < -0.4 is 25.7 Å². The third kappa shape index (κ3) is 4.58. The SMILES string of the molecule is COc1cc(NC(=O)Nc2cc(-c3ccccc3)nn2-c2nc3c(c(=O)[nH]2)CCC3)cc(OC)c1. The Kier molecular flexibility index (Phi) is 5.92. The van der Waals surface area contributed by atoms with Crippen molar-refractivity contribution in [2.75, 3.05) is 24.9 Å². The molecule has 2 aromatic heterocycles. The third-order valence-electron chi connectivity index (χ3n) is 5.76. The zero-order valence-electron chi connectivity index (χ0n) is 19.3. The van der Waals surface area contributed by atoms with Crippen LogP contribution in [0.15, 0.2) is 59.4 Å². The molecule has 0 radical (unpaired) electrons. The maximum absolute atomic E-state index is 12.9. The number of anilines is 2. The second kappa shape index (κ2) is 9.34. The summed E-state index contributed by atoms with van der Waals surface area (Å²) in [5, 5.41) is 10.2. The molecule has 2 amide bonds. The van der Waals surface area contributed by atoms with Gasteiger partial charge in [-0.2, -0.15) is 9.78 Å². The van der Waals surface area contributed by atoms with E-state index in [1.807, 2.05) is 30.3 Å². The van der Waals surface area contributed by atoms with Gasteiger partial charge in [-0.15, -0.1) is 0 Å². The summed E-state index contributed by atoms with van der Waals surface area (Å²) >= 11 is 0. The van der Waals surface area contributed by atoms with Crippen molar-refractivity contribution in [3.05, 3.63) is 76.2 Å². The standard InChI is InChI=1S/C25H24N6O4/c1-34-17-11-16(12-18(13-17)35-2)26-25(33)28-22-14-21(15-7-4-3-5-8-15)30-31(22)24-27-20-10-6-9-19(20)23(32)29-24/h3-5,7-8,11-14H,6,9-10H2,1-2H3,(H2,26,28,33)(H,27,29,32). The maximum atomic E-state index is 12.9. The minimum atomic E-state index is -0.510. The molecule has 2 aromatic carbocycles. The number of aromatic nitrogens is 4. The van der Waals surface area contributed by atoms with Crippen LogP contribution in [0.3, 0.4) is 0 Å². The molecule has 35 heavy (non-hydrogen) atoms. The fraction of sp³-hybridized carbons (Fsp3) is 0.200. The number of carbonyl (C=O) groups is 1. The highest BCUT2D eigenvalue weighted by Gasteiger charge is 2.21. The fourth-order valence-corrected chi connectivity index (χ4v) is 4.07. The van der Waals surface area contributed by atoms with E-state index in [2.05, 4.69) is 25.7 Å². The number of hydrogen-bond donors (Lipinski definition) is 3. The highest BCUT2D eigenvalue weighted by Crippen LogP contribution is 2.27. The second-order valence-corrected chi connectivity index (χ2v) is 8.04. The van der Waals surface area contributed by atoms with Crippen LogP contribution in [0, 0.1) is 0 Å². The van der Waals surface area contributed by atoms with Crippen molar-refractivity contribution in [3.8, 4) is 28.7 Å². The summed E-state index contributed by atoms with van der Waals surface area (Å²) in [7, 11) is 3.07. The van der Waals surface area contributed by atoms with E-state index in [-0.39, 0.29) is 11.5 Å². The van der Waals surface area contributed by atoms with Gasteiger partial charge in [-0.1, -0.05) is 30.3 Å². The molecule has 0 bridgehead atoms. The highest BCUT2D eigenvalue weighted by molar-refractivity contribution is 6.00. The van der Waals surface area contributed by atoms with Crippen molar-refractivity contribution in [1.82, 2.24) is 19.7 Å². The van der Waals surface area contributed by atoms with Gasteiger partial charge in [-0.25, -0.2) is 9.78 Å². The van der Waals surface area contributed by atoms with E-state index in [9.17, 15) is 9.59 Å². The van der Waals surface area contributed by atoms with Crippen LogP contribution in [0.1, 0.15) is 17.7 Å². The summed E-state index contributed by atoms with van der Waals surface area (Å²) in [6, 6.07) is 15.8. The summed E-state index contributed by atoms with van der Waals surface area (Å²) in [5.74, 6) is 1.67. The van der Waals surface area contributed by atoms with Gasteiger partial charge < -0.3 is 14.8 Å². The molecule has 0 spiro atoms. The van der Waals surface area contributed by atoms with Gasteiger partial charge in [0.2, 0.25) is 5.95 Å². The third-order valence-corrected chi connectivity index (χ3v) is 5.76. The van der Waals surface area contributed by atoms with Crippen LogP contribution in [-0.4, -0.2) is 40.0 Å². The molecule has 10 nitrogen and oxygen atoms in total. The van der Waals surface area contributed by atoms with E-state index in [0.717, 1.165) is 24.1 Å². The van der Waals surface area contributed by atoms with Gasteiger partial charge in [0.15, 0.2) is 0 Å². The van der Waals surface area contributed by atoms with Gasteiger partial charge in [0.1, 0.15) is 17.3 Å². The van der Waals surface area contributed by atoms with Crippen LogP contribution in [-0.2, 0) is 12.8 Å². The van der Waals surface area contributed by atoms with Gasteiger partial charge in [-0.3, -0.25) is 15.1 Å². The number of aromatic amines is 1. The summed E-state index contributed by atoms with van der Waals surface area (Å²) in [6.45, 7) is 0. The molecule has 178 valence electrons. The van der Waals surface area contributed by atoms with Gasteiger partial charge in [0.25, 0.3) is 5.56 Å². The number of rotatable bonds is 6. The second-order valence-electron chi connectivity index (χ2n) is 8.04. The number of nitrogens with zero attached hydrogens (tertiary/aromatic N) is 3. The fourth-order valence-electron chi connectivity index (χ4n) is 4.07. The van der Waals surface area contributed by atoms with Crippen molar-refractivity contribution in [3.63, 3.8) is 0 Å². The van der Waals surface area contributed by atoms with E-state index in [4.69, 9.17) is 9.47 Å². The van der Waals surface area contributed by atoms with Gasteiger partial charge >= 0.3 is 6.03 Å². The zero-order chi connectivity index (χ0) is 24.4. The first-order chi connectivity index (χ1) is 17.0. The van der Waals surface area contributed by atoms with E-state index >= 15 is 0 Å². The number of carbonyl (C=O) groups excluding carboxylic acids is 1. The van der Waals surface area contributed by atoms with Crippen molar-refractivity contribution in [2.45, 2.75) is 19.3 Å².